The van der Waals surface area contributed by atoms with Crippen molar-refractivity contribution in [2.45, 2.75) is 25.4 Å². The van der Waals surface area contributed by atoms with E-state index in [0.29, 0.717) is 19.8 Å². The number of hydrogen-bond acceptors (Lipinski definition) is 5. The number of halogens is 1. The minimum absolute atomic E-state index is 0.0346. The zero-order chi connectivity index (χ0) is 16.9. The van der Waals surface area contributed by atoms with Gasteiger partial charge in [-0.2, -0.15) is 5.10 Å². The quantitative estimate of drug-likeness (QED) is 0.901. The summed E-state index contributed by atoms with van der Waals surface area (Å²) >= 11 is 0. The third kappa shape index (κ3) is 3.53. The summed E-state index contributed by atoms with van der Waals surface area (Å²) in [5.74, 6) is -0.315. The van der Waals surface area contributed by atoms with Gasteiger partial charge in [0.1, 0.15) is 6.33 Å². The molecule has 1 aliphatic heterocycles. The molecule has 1 amide bonds. The van der Waals surface area contributed by atoms with Crippen molar-refractivity contribution >= 4 is 5.91 Å². The topological polar surface area (TPSA) is 80.3 Å². The highest BCUT2D eigenvalue weighted by atomic mass is 19.1. The Bertz CT molecular complexity index is 687. The summed E-state index contributed by atoms with van der Waals surface area (Å²) in [6.45, 7) is 1.55. The van der Waals surface area contributed by atoms with Gasteiger partial charge in [0.25, 0.3) is 5.91 Å². The maximum absolute atomic E-state index is 13.6. The van der Waals surface area contributed by atoms with Crippen molar-refractivity contribution in [3.63, 3.8) is 0 Å². The number of nitrogens with zero attached hydrogens (tertiary/aromatic N) is 3. The second-order valence-electron chi connectivity index (χ2n) is 5.58. The Balaban J connectivity index is 1.85. The zero-order valence-electron chi connectivity index (χ0n) is 13.4. The van der Waals surface area contributed by atoms with Gasteiger partial charge in [0.2, 0.25) is 5.82 Å². The molecule has 24 heavy (non-hydrogen) atoms. The van der Waals surface area contributed by atoms with Gasteiger partial charge in [-0.25, -0.2) is 9.37 Å². The molecule has 2 aromatic rings. The summed E-state index contributed by atoms with van der Waals surface area (Å²) < 4.78 is 24.0. The molecule has 0 atom stereocenters. The van der Waals surface area contributed by atoms with Crippen LogP contribution in [0.1, 0.15) is 29.0 Å². The molecule has 3 rings (SSSR count). The summed E-state index contributed by atoms with van der Waals surface area (Å²) in [6, 6.07) is 4.63. The Morgan fingerprint density at radius 3 is 2.92 bits per heavy atom. The van der Waals surface area contributed by atoms with E-state index in [0.717, 1.165) is 18.4 Å². The Labute approximate surface area is 138 Å². The standard InChI is InChI=1S/C16H19FN4O3/c1-23-14-8-11(2-3-13(14)17)9-21(12-4-6-24-7-5-12)16(22)15-18-10-19-20-15/h2-3,8,10,12H,4-7,9H2,1H3,(H,18,19,20). The number of amides is 1. The molecule has 1 aliphatic rings. The minimum Gasteiger partial charge on any atom is -0.494 e. The largest absolute Gasteiger partial charge is 0.494 e. The molecule has 0 aliphatic carbocycles. The minimum atomic E-state index is -0.430. The van der Waals surface area contributed by atoms with Crippen molar-refractivity contribution in [2.24, 2.45) is 0 Å². The van der Waals surface area contributed by atoms with Crippen LogP contribution >= 0.6 is 0 Å². The van der Waals surface area contributed by atoms with Gasteiger partial charge in [0.15, 0.2) is 11.6 Å². The van der Waals surface area contributed by atoms with E-state index in [9.17, 15) is 9.18 Å². The molecule has 2 heterocycles. The van der Waals surface area contributed by atoms with E-state index in [1.54, 1.807) is 17.0 Å². The fourth-order valence-corrected chi connectivity index (χ4v) is 2.81. The van der Waals surface area contributed by atoms with Crippen molar-refractivity contribution in [1.82, 2.24) is 20.1 Å². The molecular formula is C16H19FN4O3. The molecule has 128 valence electrons. The van der Waals surface area contributed by atoms with E-state index in [1.165, 1.54) is 19.5 Å². The molecule has 0 unspecified atom stereocenters. The van der Waals surface area contributed by atoms with E-state index in [-0.39, 0.29) is 23.5 Å². The molecule has 7 nitrogen and oxygen atoms in total. The maximum Gasteiger partial charge on any atom is 0.291 e. The molecule has 8 heteroatoms. The molecule has 1 saturated heterocycles. The van der Waals surface area contributed by atoms with E-state index in [4.69, 9.17) is 9.47 Å². The number of carbonyl (C=O) groups is 1. The zero-order valence-corrected chi connectivity index (χ0v) is 13.4. The smallest absolute Gasteiger partial charge is 0.291 e. The molecular weight excluding hydrogens is 315 g/mol. The molecule has 0 spiro atoms. The highest BCUT2D eigenvalue weighted by molar-refractivity contribution is 5.90. The first-order valence-corrected chi connectivity index (χ1v) is 7.75. The average Bonchev–Trinajstić information content (AvgIpc) is 3.16. The van der Waals surface area contributed by atoms with Crippen LogP contribution < -0.4 is 4.74 Å². The first kappa shape index (κ1) is 16.4. The van der Waals surface area contributed by atoms with E-state index in [1.807, 2.05) is 0 Å². The van der Waals surface area contributed by atoms with Crippen molar-refractivity contribution in [3.8, 4) is 5.75 Å². The SMILES string of the molecule is COc1cc(CN(C(=O)c2ncn[nH]2)C2CCOCC2)ccc1F. The van der Waals surface area contributed by atoms with E-state index in [2.05, 4.69) is 15.2 Å². The lowest BCUT2D eigenvalue weighted by Crippen LogP contribution is -2.43. The number of rotatable bonds is 5. The van der Waals surface area contributed by atoms with Crippen molar-refractivity contribution in [1.29, 1.82) is 0 Å². The van der Waals surface area contributed by atoms with Gasteiger partial charge in [-0.1, -0.05) is 6.07 Å². The molecule has 0 saturated carbocycles. The van der Waals surface area contributed by atoms with Gasteiger partial charge in [-0.05, 0) is 30.5 Å². The number of nitrogens with one attached hydrogen (secondary N) is 1. The summed E-state index contributed by atoms with van der Waals surface area (Å²) in [7, 11) is 1.41. The third-order valence-electron chi connectivity index (χ3n) is 4.08. The molecule has 1 fully saturated rings. The monoisotopic (exact) mass is 334 g/mol. The van der Waals surface area contributed by atoms with E-state index >= 15 is 0 Å². The van der Waals surface area contributed by atoms with Crippen LogP contribution in [0.15, 0.2) is 24.5 Å². The Hall–Kier alpha value is -2.48. The first-order valence-electron chi connectivity index (χ1n) is 7.75. The number of methoxy groups -OCH3 is 1. The molecule has 1 aromatic carbocycles. The summed E-state index contributed by atoms with van der Waals surface area (Å²) in [6.07, 6.45) is 2.80. The van der Waals surface area contributed by atoms with Crippen molar-refractivity contribution < 1.29 is 18.7 Å². The Kier molecular flexibility index (Phi) is 5.05. The lowest BCUT2D eigenvalue weighted by Gasteiger charge is -2.34. The van der Waals surface area contributed by atoms with Crippen molar-refractivity contribution in [3.05, 3.63) is 41.7 Å². The second kappa shape index (κ2) is 7.39. The number of H-pyrrole nitrogens is 1. The number of carbonyl (C=O) groups excluding carboxylic acids is 1. The Morgan fingerprint density at radius 2 is 2.25 bits per heavy atom. The maximum atomic E-state index is 13.6. The van der Waals surface area contributed by atoms with Crippen LogP contribution in [0.25, 0.3) is 0 Å². The summed E-state index contributed by atoms with van der Waals surface area (Å²) in [5, 5.41) is 6.34. The third-order valence-corrected chi connectivity index (χ3v) is 4.08. The van der Waals surface area contributed by atoms with Crippen LogP contribution in [-0.2, 0) is 11.3 Å². The highest BCUT2D eigenvalue weighted by Crippen LogP contribution is 2.23. The predicted octanol–water partition coefficient (Wildman–Crippen LogP) is 1.77. The Morgan fingerprint density at radius 1 is 1.46 bits per heavy atom. The summed E-state index contributed by atoms with van der Waals surface area (Å²) in [5.41, 5.74) is 0.785. The van der Waals surface area contributed by atoms with Gasteiger partial charge in [-0.3, -0.25) is 9.89 Å². The molecule has 0 bridgehead atoms. The van der Waals surface area contributed by atoms with Crippen LogP contribution in [-0.4, -0.2) is 52.4 Å². The lowest BCUT2D eigenvalue weighted by molar-refractivity contribution is 0.0260. The van der Waals surface area contributed by atoms with Gasteiger partial charge in [0.05, 0.1) is 7.11 Å². The van der Waals surface area contributed by atoms with Gasteiger partial charge < -0.3 is 14.4 Å². The summed E-state index contributed by atoms with van der Waals surface area (Å²) in [4.78, 5) is 18.5. The van der Waals surface area contributed by atoms with Gasteiger partial charge in [0, 0.05) is 25.8 Å². The van der Waals surface area contributed by atoms with Crippen LogP contribution in [0, 0.1) is 5.82 Å². The van der Waals surface area contributed by atoms with E-state index < -0.39 is 5.82 Å². The van der Waals surface area contributed by atoms with Gasteiger partial charge in [-0.15, -0.1) is 0 Å². The van der Waals surface area contributed by atoms with Crippen LogP contribution in [0.2, 0.25) is 0 Å². The fraction of sp³-hybridized carbons (Fsp3) is 0.438. The number of ether oxygens (including phenoxy) is 2. The average molecular weight is 334 g/mol. The van der Waals surface area contributed by atoms with Crippen LogP contribution in [0.4, 0.5) is 4.39 Å². The molecule has 1 aromatic heterocycles. The number of aromatic nitrogens is 3. The number of benzene rings is 1. The predicted molar refractivity (Wildman–Crippen MR) is 83.0 cm³/mol. The number of aromatic amines is 1. The second-order valence-corrected chi connectivity index (χ2v) is 5.58. The number of hydrogen-bond donors (Lipinski definition) is 1. The normalized spacial score (nSPS) is 15.2. The molecule has 0 radical (unpaired) electrons. The van der Waals surface area contributed by atoms with Crippen molar-refractivity contribution in [2.75, 3.05) is 20.3 Å². The highest BCUT2D eigenvalue weighted by Gasteiger charge is 2.28. The fourth-order valence-electron chi connectivity index (χ4n) is 2.81. The lowest BCUT2D eigenvalue weighted by atomic mass is 10.1. The first-order chi connectivity index (χ1) is 11.7. The van der Waals surface area contributed by atoms with Crippen LogP contribution in [0.3, 0.4) is 0 Å². The van der Waals surface area contributed by atoms with Crippen LogP contribution in [0.5, 0.6) is 5.75 Å². The molecule has 1 N–H and O–H groups in total. The van der Waals surface area contributed by atoms with Gasteiger partial charge >= 0.3 is 0 Å².